The predicted molar refractivity (Wildman–Crippen MR) is 125 cm³/mol. The minimum atomic E-state index is -0.363. The van der Waals surface area contributed by atoms with Gasteiger partial charge in [0.05, 0.1) is 5.69 Å². The normalized spacial score (nSPS) is 15.2. The van der Waals surface area contributed by atoms with Crippen LogP contribution in [0, 0.1) is 12.7 Å². The second-order valence-electron chi connectivity index (χ2n) is 8.69. The highest BCUT2D eigenvalue weighted by molar-refractivity contribution is 5.96. The Kier molecular flexibility index (Phi) is 6.97. The molecule has 1 atom stereocenters. The molecule has 10 heteroatoms. The van der Waals surface area contributed by atoms with Crippen LogP contribution in [0.1, 0.15) is 29.8 Å². The van der Waals surface area contributed by atoms with Gasteiger partial charge in [0.25, 0.3) is 5.91 Å². The number of hydrogen-bond donors (Lipinski definition) is 1. The molecule has 1 aromatic heterocycles. The number of benzene rings is 2. The van der Waals surface area contributed by atoms with Gasteiger partial charge >= 0.3 is 0 Å². The van der Waals surface area contributed by atoms with Crippen LogP contribution in [0.3, 0.4) is 0 Å². The van der Waals surface area contributed by atoms with Crippen LogP contribution in [0.4, 0.5) is 4.39 Å². The van der Waals surface area contributed by atoms with Crippen molar-refractivity contribution >= 4 is 11.8 Å². The van der Waals surface area contributed by atoms with Crippen molar-refractivity contribution in [2.75, 3.05) is 32.7 Å². The molecule has 2 heterocycles. The second-order valence-corrected chi connectivity index (χ2v) is 8.69. The molecular formula is C24H28FN7O2. The highest BCUT2D eigenvalue weighted by Crippen LogP contribution is 2.27. The summed E-state index contributed by atoms with van der Waals surface area (Å²) in [6.07, 6.45) is 1.43. The number of nitrogens with one attached hydrogen (secondary N) is 1. The summed E-state index contributed by atoms with van der Waals surface area (Å²) in [5.41, 5.74) is 2.71. The van der Waals surface area contributed by atoms with Gasteiger partial charge in [-0.3, -0.25) is 14.5 Å². The smallest absolute Gasteiger partial charge is 0.251 e. The molecule has 0 aliphatic carbocycles. The first-order valence-electron chi connectivity index (χ1n) is 11.2. The Morgan fingerprint density at radius 2 is 1.88 bits per heavy atom. The van der Waals surface area contributed by atoms with Crippen LogP contribution in [0.25, 0.3) is 16.8 Å². The maximum atomic E-state index is 14.7. The maximum Gasteiger partial charge on any atom is 0.251 e. The van der Waals surface area contributed by atoms with Crippen LogP contribution in [0.2, 0.25) is 0 Å². The fourth-order valence-electron chi connectivity index (χ4n) is 4.15. The highest BCUT2D eigenvalue weighted by atomic mass is 19.1. The maximum absolute atomic E-state index is 14.7. The summed E-state index contributed by atoms with van der Waals surface area (Å²) in [4.78, 5) is 28.7. The van der Waals surface area contributed by atoms with E-state index in [0.717, 1.165) is 18.7 Å². The first-order chi connectivity index (χ1) is 16.3. The molecule has 0 saturated carbocycles. The predicted octanol–water partition coefficient (Wildman–Crippen LogP) is 2.06. The van der Waals surface area contributed by atoms with Crippen LogP contribution in [0.5, 0.6) is 0 Å². The SMILES string of the molecule is CC(=O)N1CCN(CC(C)NC(=O)c2cc(-c3ccc(C)cc3F)cc(-n3cnnn3)c2)CC1. The zero-order valence-corrected chi connectivity index (χ0v) is 19.5. The van der Waals surface area contributed by atoms with Gasteiger partial charge in [-0.25, -0.2) is 9.07 Å². The van der Waals surface area contributed by atoms with Crippen molar-refractivity contribution in [3.8, 4) is 16.8 Å². The Morgan fingerprint density at radius 3 is 2.53 bits per heavy atom. The number of nitrogens with zero attached hydrogens (tertiary/aromatic N) is 6. The third-order valence-corrected chi connectivity index (χ3v) is 5.96. The van der Waals surface area contributed by atoms with Crippen LogP contribution in [-0.4, -0.2) is 80.6 Å². The lowest BCUT2D eigenvalue weighted by molar-refractivity contribution is -0.130. The summed E-state index contributed by atoms with van der Waals surface area (Å²) in [6, 6.07) is 9.98. The number of halogens is 1. The highest BCUT2D eigenvalue weighted by Gasteiger charge is 2.21. The van der Waals surface area contributed by atoms with E-state index in [-0.39, 0.29) is 23.7 Å². The Balaban J connectivity index is 1.52. The molecule has 178 valence electrons. The quantitative estimate of drug-likeness (QED) is 0.599. The van der Waals surface area contributed by atoms with Crippen molar-refractivity contribution in [3.05, 3.63) is 59.7 Å². The fourth-order valence-corrected chi connectivity index (χ4v) is 4.15. The number of aromatic nitrogens is 4. The first kappa shape index (κ1) is 23.5. The summed E-state index contributed by atoms with van der Waals surface area (Å²) in [7, 11) is 0. The third-order valence-electron chi connectivity index (χ3n) is 5.96. The summed E-state index contributed by atoms with van der Waals surface area (Å²) >= 11 is 0. The standard InChI is InChI=1S/C24H28FN7O2/c1-16-4-5-22(23(25)10-16)19-11-20(13-21(12-19)32-15-26-28-29-32)24(34)27-17(2)14-30-6-8-31(9-7-30)18(3)33/h4-5,10-13,15,17H,6-9,14H2,1-3H3,(H,27,34). The van der Waals surface area contributed by atoms with Crippen molar-refractivity contribution in [2.24, 2.45) is 0 Å². The number of carbonyl (C=O) groups is 2. The Labute approximate surface area is 197 Å². The van der Waals surface area contributed by atoms with Crippen LogP contribution >= 0.6 is 0 Å². The minimum absolute atomic E-state index is 0.0873. The van der Waals surface area contributed by atoms with Gasteiger partial charge in [-0.2, -0.15) is 0 Å². The van der Waals surface area contributed by atoms with Crippen molar-refractivity contribution in [3.63, 3.8) is 0 Å². The van der Waals surface area contributed by atoms with Gasteiger partial charge in [-0.1, -0.05) is 12.1 Å². The number of hydrogen-bond acceptors (Lipinski definition) is 6. The molecule has 2 aromatic carbocycles. The molecule has 2 amide bonds. The molecule has 4 rings (SSSR count). The van der Waals surface area contributed by atoms with Gasteiger partial charge in [0.1, 0.15) is 12.1 Å². The molecular weight excluding hydrogens is 437 g/mol. The summed E-state index contributed by atoms with van der Waals surface area (Å²) < 4.78 is 16.1. The zero-order chi connectivity index (χ0) is 24.2. The number of amides is 2. The van der Waals surface area contributed by atoms with E-state index in [4.69, 9.17) is 0 Å². The monoisotopic (exact) mass is 465 g/mol. The van der Waals surface area contributed by atoms with Crippen molar-refractivity contribution in [1.29, 1.82) is 0 Å². The van der Waals surface area contributed by atoms with Gasteiger partial charge in [-0.15, -0.1) is 5.10 Å². The van der Waals surface area contributed by atoms with E-state index in [2.05, 4.69) is 25.7 Å². The molecule has 1 N–H and O–H groups in total. The van der Waals surface area contributed by atoms with Gasteiger partial charge in [0.2, 0.25) is 5.91 Å². The number of carbonyl (C=O) groups excluding carboxylic acids is 2. The molecule has 1 aliphatic rings. The molecule has 1 saturated heterocycles. The number of aryl methyl sites for hydroxylation is 1. The van der Waals surface area contributed by atoms with E-state index in [1.54, 1.807) is 31.2 Å². The summed E-state index contributed by atoms with van der Waals surface area (Å²) in [6.45, 7) is 8.94. The van der Waals surface area contributed by atoms with E-state index in [1.165, 1.54) is 17.1 Å². The Morgan fingerprint density at radius 1 is 1.12 bits per heavy atom. The topological polar surface area (TPSA) is 96.2 Å². The van der Waals surface area contributed by atoms with Gasteiger partial charge in [-0.05, 0) is 59.7 Å². The van der Waals surface area contributed by atoms with Crippen molar-refractivity contribution < 1.29 is 14.0 Å². The summed E-state index contributed by atoms with van der Waals surface area (Å²) in [5.74, 6) is -0.541. The molecule has 34 heavy (non-hydrogen) atoms. The molecule has 1 unspecified atom stereocenters. The minimum Gasteiger partial charge on any atom is -0.348 e. The molecule has 0 bridgehead atoms. The first-order valence-corrected chi connectivity index (χ1v) is 11.2. The third kappa shape index (κ3) is 5.45. The Hall–Kier alpha value is -3.66. The molecule has 9 nitrogen and oxygen atoms in total. The van der Waals surface area contributed by atoms with Crippen molar-refractivity contribution in [2.45, 2.75) is 26.8 Å². The van der Waals surface area contributed by atoms with Crippen LogP contribution < -0.4 is 5.32 Å². The number of piperazine rings is 1. The second kappa shape index (κ2) is 10.1. The average Bonchev–Trinajstić information content (AvgIpc) is 3.34. The number of tetrazole rings is 1. The van der Waals surface area contributed by atoms with Crippen molar-refractivity contribution in [1.82, 2.24) is 35.3 Å². The Bertz CT molecular complexity index is 1170. The van der Waals surface area contributed by atoms with E-state index < -0.39 is 0 Å². The molecule has 0 radical (unpaired) electrons. The molecule has 1 aliphatic heterocycles. The lowest BCUT2D eigenvalue weighted by atomic mass is 10.00. The van der Waals surface area contributed by atoms with E-state index in [0.29, 0.717) is 42.0 Å². The largest absolute Gasteiger partial charge is 0.348 e. The van der Waals surface area contributed by atoms with E-state index in [9.17, 15) is 14.0 Å². The lowest BCUT2D eigenvalue weighted by Crippen LogP contribution is -2.51. The lowest BCUT2D eigenvalue weighted by Gasteiger charge is -2.35. The average molecular weight is 466 g/mol. The fraction of sp³-hybridized carbons (Fsp3) is 0.375. The van der Waals surface area contributed by atoms with Crippen LogP contribution in [0.15, 0.2) is 42.7 Å². The van der Waals surface area contributed by atoms with Gasteiger partial charge in [0.15, 0.2) is 0 Å². The number of rotatable bonds is 6. The van der Waals surface area contributed by atoms with Gasteiger partial charge < -0.3 is 10.2 Å². The van der Waals surface area contributed by atoms with E-state index in [1.807, 2.05) is 24.8 Å². The summed E-state index contributed by atoms with van der Waals surface area (Å²) in [5, 5.41) is 14.3. The molecule has 1 fully saturated rings. The van der Waals surface area contributed by atoms with Crippen LogP contribution in [-0.2, 0) is 4.79 Å². The zero-order valence-electron chi connectivity index (χ0n) is 19.5. The van der Waals surface area contributed by atoms with E-state index >= 15 is 0 Å². The molecule has 3 aromatic rings. The van der Waals surface area contributed by atoms with Gasteiger partial charge in [0, 0.05) is 56.8 Å². The molecule has 0 spiro atoms.